The van der Waals surface area contributed by atoms with Crippen LogP contribution in [0.4, 0.5) is 0 Å². The van der Waals surface area contributed by atoms with Crippen molar-refractivity contribution >= 4 is 0 Å². The van der Waals surface area contributed by atoms with Crippen LogP contribution in [0, 0.1) is 0 Å². The molecule has 2 aliphatic carbocycles. The first-order valence-electron chi connectivity index (χ1n) is 6.19. The molecule has 1 fully saturated rings. The lowest BCUT2D eigenvalue weighted by Crippen LogP contribution is -2.33. The second-order valence-corrected chi connectivity index (χ2v) is 5.20. The van der Waals surface area contributed by atoms with Gasteiger partial charge in [-0.15, -0.1) is 0 Å². The van der Waals surface area contributed by atoms with Crippen molar-refractivity contribution in [2.24, 2.45) is 5.73 Å². The molecule has 0 unspecified atom stereocenters. The van der Waals surface area contributed by atoms with Gasteiger partial charge in [-0.05, 0) is 48.8 Å². The van der Waals surface area contributed by atoms with Gasteiger partial charge in [0.2, 0.25) is 0 Å². The fourth-order valence-corrected chi connectivity index (χ4v) is 3.18. The van der Waals surface area contributed by atoms with Crippen LogP contribution in [-0.4, -0.2) is 0 Å². The summed E-state index contributed by atoms with van der Waals surface area (Å²) in [5, 5.41) is 0. The van der Waals surface area contributed by atoms with Crippen LogP contribution in [0.2, 0.25) is 0 Å². The minimum atomic E-state index is -0.00236. The van der Waals surface area contributed by atoms with Gasteiger partial charge in [0.15, 0.2) is 0 Å². The van der Waals surface area contributed by atoms with Crippen molar-refractivity contribution in [3.63, 3.8) is 0 Å². The molecular weight excluding hydrogens is 182 g/mol. The Morgan fingerprint density at radius 3 is 2.47 bits per heavy atom. The first kappa shape index (κ1) is 9.41. The van der Waals surface area contributed by atoms with E-state index < -0.39 is 0 Å². The molecule has 1 nitrogen and oxygen atoms in total. The molecule has 1 heteroatoms. The highest BCUT2D eigenvalue weighted by Gasteiger charge is 2.31. The Balaban J connectivity index is 1.98. The predicted molar refractivity (Wildman–Crippen MR) is 62.8 cm³/mol. The Morgan fingerprint density at radius 1 is 0.933 bits per heavy atom. The van der Waals surface area contributed by atoms with Gasteiger partial charge >= 0.3 is 0 Å². The third-order valence-corrected chi connectivity index (χ3v) is 4.17. The molecule has 15 heavy (non-hydrogen) atoms. The van der Waals surface area contributed by atoms with Crippen LogP contribution < -0.4 is 5.73 Å². The number of nitrogens with two attached hydrogens (primary N) is 1. The van der Waals surface area contributed by atoms with Gasteiger partial charge in [-0.2, -0.15) is 0 Å². The number of rotatable bonds is 1. The van der Waals surface area contributed by atoms with Crippen LogP contribution in [0.5, 0.6) is 0 Å². The summed E-state index contributed by atoms with van der Waals surface area (Å²) in [7, 11) is 0. The van der Waals surface area contributed by atoms with E-state index in [4.69, 9.17) is 5.73 Å². The standard InChI is InChI=1S/C14H19N/c15-14(8-1-2-9-14)13-7-6-11-4-3-5-12(11)10-13/h6-7,10H,1-5,8-9,15H2. The number of benzene rings is 1. The minimum Gasteiger partial charge on any atom is -0.321 e. The molecule has 0 heterocycles. The normalized spacial score (nSPS) is 23.0. The molecule has 0 spiro atoms. The van der Waals surface area contributed by atoms with E-state index in [1.807, 2.05) is 0 Å². The molecule has 1 aromatic rings. The van der Waals surface area contributed by atoms with E-state index in [-0.39, 0.29) is 5.54 Å². The lowest BCUT2D eigenvalue weighted by molar-refractivity contribution is 0.461. The molecule has 80 valence electrons. The summed E-state index contributed by atoms with van der Waals surface area (Å²) in [5.41, 5.74) is 11.0. The highest BCUT2D eigenvalue weighted by molar-refractivity contribution is 5.38. The van der Waals surface area contributed by atoms with E-state index >= 15 is 0 Å². The van der Waals surface area contributed by atoms with Crippen LogP contribution >= 0.6 is 0 Å². The topological polar surface area (TPSA) is 26.0 Å². The molecule has 0 aliphatic heterocycles. The average Bonchev–Trinajstić information content (AvgIpc) is 2.85. The van der Waals surface area contributed by atoms with Gasteiger partial charge in [0.05, 0.1) is 0 Å². The lowest BCUT2D eigenvalue weighted by Gasteiger charge is -2.24. The van der Waals surface area contributed by atoms with Crippen molar-refractivity contribution in [2.75, 3.05) is 0 Å². The molecule has 3 rings (SSSR count). The number of fused-ring (bicyclic) bond motifs is 1. The average molecular weight is 201 g/mol. The Hall–Kier alpha value is -0.820. The summed E-state index contributed by atoms with van der Waals surface area (Å²) in [6.45, 7) is 0. The molecule has 0 bridgehead atoms. The fraction of sp³-hybridized carbons (Fsp3) is 0.571. The Bertz CT molecular complexity index is 375. The molecule has 0 radical (unpaired) electrons. The Kier molecular flexibility index (Phi) is 2.10. The van der Waals surface area contributed by atoms with Gasteiger partial charge in [-0.3, -0.25) is 0 Å². The van der Waals surface area contributed by atoms with E-state index in [0.717, 1.165) is 0 Å². The maximum Gasteiger partial charge on any atom is 0.0409 e. The summed E-state index contributed by atoms with van der Waals surface area (Å²) >= 11 is 0. The van der Waals surface area contributed by atoms with E-state index in [1.54, 1.807) is 11.1 Å². The first-order valence-corrected chi connectivity index (χ1v) is 6.19. The number of aryl methyl sites for hydroxylation is 2. The highest BCUT2D eigenvalue weighted by atomic mass is 14.8. The molecular formula is C14H19N. The van der Waals surface area contributed by atoms with Crippen LogP contribution in [0.3, 0.4) is 0 Å². The fourth-order valence-electron chi connectivity index (χ4n) is 3.18. The van der Waals surface area contributed by atoms with Gasteiger partial charge in [-0.1, -0.05) is 31.0 Å². The van der Waals surface area contributed by atoms with Gasteiger partial charge in [-0.25, -0.2) is 0 Å². The third-order valence-electron chi connectivity index (χ3n) is 4.17. The van der Waals surface area contributed by atoms with Gasteiger partial charge in [0.25, 0.3) is 0 Å². The van der Waals surface area contributed by atoms with E-state index in [9.17, 15) is 0 Å². The van der Waals surface area contributed by atoms with Crippen molar-refractivity contribution in [1.29, 1.82) is 0 Å². The largest absolute Gasteiger partial charge is 0.321 e. The summed E-state index contributed by atoms with van der Waals surface area (Å²) in [6, 6.07) is 6.97. The molecule has 0 atom stereocenters. The number of hydrogen-bond donors (Lipinski definition) is 1. The Morgan fingerprint density at radius 2 is 1.67 bits per heavy atom. The highest BCUT2D eigenvalue weighted by Crippen LogP contribution is 2.37. The van der Waals surface area contributed by atoms with Crippen molar-refractivity contribution in [3.8, 4) is 0 Å². The maximum absolute atomic E-state index is 6.47. The molecule has 2 aliphatic rings. The second-order valence-electron chi connectivity index (χ2n) is 5.20. The number of hydrogen-bond acceptors (Lipinski definition) is 1. The minimum absolute atomic E-state index is 0.00236. The smallest absolute Gasteiger partial charge is 0.0409 e. The second kappa shape index (κ2) is 3.34. The van der Waals surface area contributed by atoms with E-state index in [2.05, 4.69) is 18.2 Å². The summed E-state index contributed by atoms with van der Waals surface area (Å²) in [5.74, 6) is 0. The van der Waals surface area contributed by atoms with Crippen LogP contribution in [0.25, 0.3) is 0 Å². The van der Waals surface area contributed by atoms with Crippen LogP contribution in [0.15, 0.2) is 18.2 Å². The van der Waals surface area contributed by atoms with Crippen LogP contribution in [0.1, 0.15) is 48.8 Å². The van der Waals surface area contributed by atoms with Crippen molar-refractivity contribution in [1.82, 2.24) is 0 Å². The summed E-state index contributed by atoms with van der Waals surface area (Å²) in [6.07, 6.45) is 8.81. The van der Waals surface area contributed by atoms with Gasteiger partial charge in [0.1, 0.15) is 0 Å². The molecule has 1 saturated carbocycles. The zero-order chi connectivity index (χ0) is 10.3. The molecule has 0 amide bonds. The molecule has 0 aromatic heterocycles. The molecule has 2 N–H and O–H groups in total. The van der Waals surface area contributed by atoms with Crippen molar-refractivity contribution in [3.05, 3.63) is 34.9 Å². The predicted octanol–water partition coefficient (Wildman–Crippen LogP) is 2.90. The zero-order valence-corrected chi connectivity index (χ0v) is 9.26. The summed E-state index contributed by atoms with van der Waals surface area (Å²) in [4.78, 5) is 0. The lowest BCUT2D eigenvalue weighted by atomic mass is 9.87. The van der Waals surface area contributed by atoms with Crippen molar-refractivity contribution in [2.45, 2.75) is 50.5 Å². The van der Waals surface area contributed by atoms with Gasteiger partial charge < -0.3 is 5.73 Å². The SMILES string of the molecule is NC1(c2ccc3c(c2)CCC3)CCCC1. The molecule has 0 saturated heterocycles. The molecule has 1 aromatic carbocycles. The zero-order valence-electron chi connectivity index (χ0n) is 9.26. The quantitative estimate of drug-likeness (QED) is 0.743. The Labute approximate surface area is 91.7 Å². The third kappa shape index (κ3) is 1.50. The van der Waals surface area contributed by atoms with E-state index in [1.165, 1.54) is 50.5 Å². The first-order chi connectivity index (χ1) is 7.28. The van der Waals surface area contributed by atoms with Crippen LogP contribution in [-0.2, 0) is 18.4 Å². The monoisotopic (exact) mass is 201 g/mol. The summed E-state index contributed by atoms with van der Waals surface area (Å²) < 4.78 is 0. The van der Waals surface area contributed by atoms with E-state index in [0.29, 0.717) is 0 Å². The maximum atomic E-state index is 6.47. The van der Waals surface area contributed by atoms with Crippen molar-refractivity contribution < 1.29 is 0 Å². The van der Waals surface area contributed by atoms with Gasteiger partial charge in [0, 0.05) is 5.54 Å².